The highest BCUT2D eigenvalue weighted by Gasteiger charge is 2.49. The minimum atomic E-state index is -5.09. The van der Waals surface area contributed by atoms with Gasteiger partial charge in [-0.15, -0.1) is 0 Å². The largest absolute Gasteiger partial charge is 0.451 e. The SMILES string of the molecule is CNC1CCN(C(=O)N[C@@H](Cc2ccccc2)C(=O)NC(=O)[C@@H]2CCCN2[C@@H](Cc2ccccc2)C(=O)C(F)(F)F)CC1. The van der Waals surface area contributed by atoms with Gasteiger partial charge in [0.25, 0.3) is 5.78 Å². The van der Waals surface area contributed by atoms with Crippen LogP contribution in [0.4, 0.5) is 18.0 Å². The summed E-state index contributed by atoms with van der Waals surface area (Å²) in [5.41, 5.74) is 1.28. The molecule has 2 saturated heterocycles. The first-order chi connectivity index (χ1) is 20.6. The molecule has 12 heteroatoms. The lowest BCUT2D eigenvalue weighted by molar-refractivity contribution is -0.177. The van der Waals surface area contributed by atoms with Crippen molar-refractivity contribution in [2.75, 3.05) is 26.7 Å². The van der Waals surface area contributed by atoms with Crippen molar-refractivity contribution in [1.29, 1.82) is 0 Å². The zero-order valence-electron chi connectivity index (χ0n) is 24.1. The molecule has 0 unspecified atom stereocenters. The molecular formula is C31H38F3N5O4. The standard InChI is InChI=1S/C31H38F3N5O4/c1-35-23-14-17-38(18-15-23)30(43)36-24(19-21-9-4-2-5-10-21)28(41)37-29(42)25-13-8-16-39(25)26(27(40)31(32,33)34)20-22-11-6-3-7-12-22/h2-7,9-12,23-26,35H,8,13-20H2,1H3,(H,36,43)(H,37,41,42)/t24-,25-,26-/m0/s1. The van der Waals surface area contributed by atoms with Crippen LogP contribution in [-0.4, -0.2) is 90.5 Å². The zero-order valence-corrected chi connectivity index (χ0v) is 24.1. The molecule has 2 aromatic rings. The fourth-order valence-corrected chi connectivity index (χ4v) is 5.79. The summed E-state index contributed by atoms with van der Waals surface area (Å²) in [7, 11) is 1.87. The molecule has 2 aliphatic heterocycles. The van der Waals surface area contributed by atoms with E-state index >= 15 is 0 Å². The number of nitrogens with one attached hydrogen (secondary N) is 3. The molecule has 0 spiro atoms. The van der Waals surface area contributed by atoms with Gasteiger partial charge in [-0.05, 0) is 56.8 Å². The molecule has 0 radical (unpaired) electrons. The average molecular weight is 602 g/mol. The molecule has 3 N–H and O–H groups in total. The van der Waals surface area contributed by atoms with E-state index in [1.54, 1.807) is 59.5 Å². The van der Waals surface area contributed by atoms with Gasteiger partial charge in [0.15, 0.2) is 0 Å². The van der Waals surface area contributed by atoms with Crippen molar-refractivity contribution in [2.45, 2.75) is 68.9 Å². The first kappa shape index (κ1) is 32.2. The molecule has 0 bridgehead atoms. The fraction of sp³-hybridized carbons (Fsp3) is 0.484. The maximum absolute atomic E-state index is 13.6. The second-order valence-corrected chi connectivity index (χ2v) is 11.1. The van der Waals surface area contributed by atoms with Gasteiger partial charge in [-0.2, -0.15) is 13.2 Å². The van der Waals surface area contributed by atoms with Gasteiger partial charge in [0.2, 0.25) is 11.8 Å². The van der Waals surface area contributed by atoms with Gasteiger partial charge in [-0.1, -0.05) is 60.7 Å². The predicted molar refractivity (Wildman–Crippen MR) is 154 cm³/mol. The Morgan fingerprint density at radius 2 is 1.44 bits per heavy atom. The summed E-state index contributed by atoms with van der Waals surface area (Å²) in [4.78, 5) is 55.4. The number of imide groups is 1. The number of Topliss-reactive ketones (excluding diaryl/α,β-unsaturated/α-hetero) is 1. The Kier molecular flexibility index (Phi) is 10.9. The second-order valence-electron chi connectivity index (χ2n) is 11.1. The molecule has 43 heavy (non-hydrogen) atoms. The fourth-order valence-electron chi connectivity index (χ4n) is 5.79. The number of likely N-dealkylation sites (tertiary alicyclic amines) is 2. The van der Waals surface area contributed by atoms with E-state index in [1.165, 1.54) is 4.90 Å². The van der Waals surface area contributed by atoms with Gasteiger partial charge in [-0.25, -0.2) is 4.79 Å². The molecule has 0 saturated carbocycles. The number of urea groups is 1. The normalized spacial score (nSPS) is 19.4. The van der Waals surface area contributed by atoms with Gasteiger partial charge in [0, 0.05) is 25.6 Å². The number of hydrogen-bond acceptors (Lipinski definition) is 6. The Morgan fingerprint density at radius 1 is 0.860 bits per heavy atom. The Hall–Kier alpha value is -3.77. The number of ketones is 1. The third-order valence-corrected chi connectivity index (χ3v) is 8.18. The minimum absolute atomic E-state index is 0.0956. The number of piperidine rings is 1. The van der Waals surface area contributed by atoms with Crippen molar-refractivity contribution >= 4 is 23.6 Å². The summed E-state index contributed by atoms with van der Waals surface area (Å²) >= 11 is 0. The molecule has 2 fully saturated rings. The number of carbonyl (C=O) groups is 4. The lowest BCUT2D eigenvalue weighted by Crippen LogP contribution is -2.58. The molecule has 232 valence electrons. The van der Waals surface area contributed by atoms with Crippen LogP contribution in [0.25, 0.3) is 0 Å². The lowest BCUT2D eigenvalue weighted by atomic mass is 9.99. The number of rotatable bonds is 10. The highest BCUT2D eigenvalue weighted by Crippen LogP contribution is 2.28. The van der Waals surface area contributed by atoms with E-state index in [9.17, 15) is 32.3 Å². The topological polar surface area (TPSA) is 111 Å². The second kappa shape index (κ2) is 14.6. The molecule has 9 nitrogen and oxygen atoms in total. The van der Waals surface area contributed by atoms with Crippen molar-refractivity contribution in [3.05, 3.63) is 71.8 Å². The first-order valence-electron chi connectivity index (χ1n) is 14.6. The van der Waals surface area contributed by atoms with Gasteiger partial charge < -0.3 is 15.5 Å². The van der Waals surface area contributed by atoms with Crippen LogP contribution in [0.1, 0.15) is 36.8 Å². The highest BCUT2D eigenvalue weighted by molar-refractivity contribution is 6.01. The van der Waals surface area contributed by atoms with E-state index in [-0.39, 0.29) is 25.8 Å². The van der Waals surface area contributed by atoms with Crippen molar-refractivity contribution < 1.29 is 32.3 Å². The monoisotopic (exact) mass is 601 g/mol. The van der Waals surface area contributed by atoms with Crippen molar-refractivity contribution in [2.24, 2.45) is 0 Å². The molecule has 4 amide bonds. The van der Waals surface area contributed by atoms with E-state index in [4.69, 9.17) is 0 Å². The Balaban J connectivity index is 1.49. The van der Waals surface area contributed by atoms with E-state index in [1.807, 2.05) is 13.1 Å². The molecule has 4 rings (SSSR count). The van der Waals surface area contributed by atoms with E-state index in [2.05, 4.69) is 16.0 Å². The third-order valence-electron chi connectivity index (χ3n) is 8.18. The van der Waals surface area contributed by atoms with Gasteiger partial charge >= 0.3 is 12.2 Å². The van der Waals surface area contributed by atoms with E-state index in [0.717, 1.165) is 18.4 Å². The summed E-state index contributed by atoms with van der Waals surface area (Å²) < 4.78 is 40.9. The summed E-state index contributed by atoms with van der Waals surface area (Å²) in [5, 5.41) is 8.29. The van der Waals surface area contributed by atoms with Crippen molar-refractivity contribution in [3.8, 4) is 0 Å². The first-order valence-corrected chi connectivity index (χ1v) is 14.6. The zero-order chi connectivity index (χ0) is 31.0. The number of amides is 4. The van der Waals surface area contributed by atoms with Crippen LogP contribution in [0, 0.1) is 0 Å². The van der Waals surface area contributed by atoms with Crippen LogP contribution in [0.5, 0.6) is 0 Å². The molecule has 2 heterocycles. The van der Waals surface area contributed by atoms with E-state index in [0.29, 0.717) is 31.1 Å². The summed E-state index contributed by atoms with van der Waals surface area (Å²) in [6.07, 6.45) is -3.12. The molecule has 0 aliphatic carbocycles. The van der Waals surface area contributed by atoms with Crippen LogP contribution in [0.3, 0.4) is 0 Å². The smallest absolute Gasteiger partial charge is 0.326 e. The highest BCUT2D eigenvalue weighted by atomic mass is 19.4. The molecule has 2 aliphatic rings. The number of hydrogen-bond donors (Lipinski definition) is 3. The molecule has 3 atom stereocenters. The summed E-state index contributed by atoms with van der Waals surface area (Å²) in [6.45, 7) is 1.10. The number of nitrogens with zero attached hydrogens (tertiary/aromatic N) is 2. The number of carbonyl (C=O) groups excluding carboxylic acids is 4. The lowest BCUT2D eigenvalue weighted by Gasteiger charge is -2.33. The number of benzene rings is 2. The molecular weight excluding hydrogens is 563 g/mol. The maximum atomic E-state index is 13.6. The number of alkyl halides is 3. The maximum Gasteiger partial charge on any atom is 0.451 e. The van der Waals surface area contributed by atoms with Crippen LogP contribution in [0.2, 0.25) is 0 Å². The quantitative estimate of drug-likeness (QED) is 0.387. The summed E-state index contributed by atoms with van der Waals surface area (Å²) in [5.74, 6) is -3.49. The number of halogens is 3. The van der Waals surface area contributed by atoms with E-state index < -0.39 is 47.9 Å². The van der Waals surface area contributed by atoms with Crippen LogP contribution < -0.4 is 16.0 Å². The van der Waals surface area contributed by atoms with Crippen molar-refractivity contribution in [3.63, 3.8) is 0 Å². The minimum Gasteiger partial charge on any atom is -0.326 e. The Morgan fingerprint density at radius 3 is 2.00 bits per heavy atom. The Bertz CT molecular complexity index is 1250. The molecule has 2 aromatic carbocycles. The van der Waals surface area contributed by atoms with Crippen LogP contribution in [-0.2, 0) is 27.2 Å². The third kappa shape index (κ3) is 8.64. The van der Waals surface area contributed by atoms with Crippen LogP contribution >= 0.6 is 0 Å². The van der Waals surface area contributed by atoms with Gasteiger partial charge in [0.05, 0.1) is 12.1 Å². The van der Waals surface area contributed by atoms with Crippen LogP contribution in [0.15, 0.2) is 60.7 Å². The average Bonchev–Trinajstić information content (AvgIpc) is 3.50. The Labute approximate surface area is 249 Å². The van der Waals surface area contributed by atoms with Crippen molar-refractivity contribution in [1.82, 2.24) is 25.8 Å². The predicted octanol–water partition coefficient (Wildman–Crippen LogP) is 2.84. The summed E-state index contributed by atoms with van der Waals surface area (Å²) in [6, 6.07) is 13.3. The van der Waals surface area contributed by atoms with Gasteiger partial charge in [0.1, 0.15) is 6.04 Å². The molecule has 0 aromatic heterocycles. The van der Waals surface area contributed by atoms with Gasteiger partial charge in [-0.3, -0.25) is 24.6 Å².